The van der Waals surface area contributed by atoms with E-state index in [0.29, 0.717) is 23.9 Å². The monoisotopic (exact) mass is 372 g/mol. The third-order valence-electron chi connectivity index (χ3n) is 4.10. The number of nitrogens with zero attached hydrogens (tertiary/aromatic N) is 3. The Kier molecular flexibility index (Phi) is 4.79. The summed E-state index contributed by atoms with van der Waals surface area (Å²) in [5.41, 5.74) is 0.684. The van der Waals surface area contributed by atoms with Gasteiger partial charge in [-0.3, -0.25) is 0 Å². The molecule has 0 saturated carbocycles. The molecule has 5 nitrogen and oxygen atoms in total. The Bertz CT molecular complexity index is 712. The van der Waals surface area contributed by atoms with Gasteiger partial charge in [0.2, 0.25) is 0 Å². The highest BCUT2D eigenvalue weighted by Gasteiger charge is 2.37. The molecule has 25 heavy (non-hydrogen) atoms. The van der Waals surface area contributed by atoms with Gasteiger partial charge in [0.25, 0.3) is 5.17 Å². The van der Waals surface area contributed by atoms with Crippen molar-refractivity contribution in [3.05, 3.63) is 35.9 Å². The van der Waals surface area contributed by atoms with Crippen molar-refractivity contribution in [3.63, 3.8) is 0 Å². The van der Waals surface area contributed by atoms with Crippen LogP contribution in [-0.2, 0) is 0 Å². The summed E-state index contributed by atoms with van der Waals surface area (Å²) < 4.78 is 40.8. The van der Waals surface area contributed by atoms with E-state index in [1.54, 1.807) is 4.90 Å². The molecule has 1 atom stereocenters. The van der Waals surface area contributed by atoms with Crippen LogP contribution in [0.25, 0.3) is 0 Å². The smallest absolute Gasteiger partial charge is 0.406 e. The fourth-order valence-electron chi connectivity index (χ4n) is 2.73. The molecule has 1 fully saturated rings. The maximum absolute atomic E-state index is 12.3. The number of hydrogen-bond donors (Lipinski definition) is 0. The molecule has 2 aliphatic heterocycles. The molecule has 0 aliphatic carbocycles. The molecular formula is C16H17F3N3O2S+. The molecule has 1 aromatic carbocycles. The van der Waals surface area contributed by atoms with Gasteiger partial charge in [0.15, 0.2) is 0 Å². The van der Waals surface area contributed by atoms with Crippen molar-refractivity contribution in [2.75, 3.05) is 20.1 Å². The molecule has 2 heterocycles. The molecule has 0 aromatic heterocycles. The highest BCUT2D eigenvalue weighted by molar-refractivity contribution is 8.16. The molecule has 3 rings (SSSR count). The van der Waals surface area contributed by atoms with Crippen molar-refractivity contribution in [2.24, 2.45) is 4.99 Å². The minimum absolute atomic E-state index is 0.122. The second-order valence-corrected chi connectivity index (χ2v) is 6.76. The molecule has 1 aromatic rings. The summed E-state index contributed by atoms with van der Waals surface area (Å²) in [5.74, 6) is -0.287. The number of thioether (sulfide) groups is 1. The van der Waals surface area contributed by atoms with Crippen LogP contribution in [-0.4, -0.2) is 42.6 Å². The summed E-state index contributed by atoms with van der Waals surface area (Å²) in [6.07, 6.45) is -0.928. The standard InChI is InChI=1S/C16H17F3N3O2S/c1-22(12-4-6-13(7-5-12)24-16(17,18)19)10-11-25-15(22)20-14(23)21-8-2-3-9-21/h4-7,10-11H,2-3,8-9H2,1H3/q+1. The fourth-order valence-corrected chi connectivity index (χ4v) is 3.67. The molecule has 134 valence electrons. The van der Waals surface area contributed by atoms with E-state index in [4.69, 9.17) is 0 Å². The van der Waals surface area contributed by atoms with Crippen LogP contribution in [0.2, 0.25) is 0 Å². The fraction of sp³-hybridized carbons (Fsp3) is 0.375. The maximum Gasteiger partial charge on any atom is 0.573 e. The summed E-state index contributed by atoms with van der Waals surface area (Å²) in [5, 5.41) is 2.37. The summed E-state index contributed by atoms with van der Waals surface area (Å²) >= 11 is 1.33. The Labute approximate surface area is 147 Å². The first-order valence-corrected chi connectivity index (χ1v) is 8.61. The number of likely N-dealkylation sites (tertiary alicyclic amines) is 1. The van der Waals surface area contributed by atoms with Crippen molar-refractivity contribution in [2.45, 2.75) is 19.2 Å². The normalized spacial score (nSPS) is 25.0. The van der Waals surface area contributed by atoms with E-state index < -0.39 is 6.36 Å². The number of benzene rings is 1. The summed E-state index contributed by atoms with van der Waals surface area (Å²) in [7, 11) is 1.83. The number of urea groups is 1. The van der Waals surface area contributed by atoms with Crippen LogP contribution in [0.5, 0.6) is 5.75 Å². The Morgan fingerprint density at radius 3 is 2.48 bits per heavy atom. The van der Waals surface area contributed by atoms with E-state index in [1.165, 1.54) is 36.0 Å². The van der Waals surface area contributed by atoms with Crippen molar-refractivity contribution >= 4 is 28.6 Å². The lowest BCUT2D eigenvalue weighted by atomic mass is 10.2. The second-order valence-electron chi connectivity index (χ2n) is 5.89. The average Bonchev–Trinajstić information content (AvgIpc) is 3.18. The molecule has 0 bridgehead atoms. The van der Waals surface area contributed by atoms with Gasteiger partial charge in [-0.05, 0) is 36.7 Å². The SMILES string of the molecule is C[N+]1(c2ccc(OC(F)(F)F)cc2)C=CSC1=NC(=O)N1CCCC1. The van der Waals surface area contributed by atoms with Crippen molar-refractivity contribution < 1.29 is 22.7 Å². The number of amidine groups is 1. The number of rotatable bonds is 2. The van der Waals surface area contributed by atoms with Crippen LogP contribution >= 0.6 is 11.8 Å². The van der Waals surface area contributed by atoms with Gasteiger partial charge in [0.1, 0.15) is 17.6 Å². The van der Waals surface area contributed by atoms with Crippen LogP contribution in [0.4, 0.5) is 23.7 Å². The summed E-state index contributed by atoms with van der Waals surface area (Å²) in [6, 6.07) is 5.30. The van der Waals surface area contributed by atoms with Crippen LogP contribution in [0.15, 0.2) is 40.9 Å². The van der Waals surface area contributed by atoms with Crippen molar-refractivity contribution in [1.82, 2.24) is 9.38 Å². The third kappa shape index (κ3) is 3.98. The third-order valence-corrected chi connectivity index (χ3v) is 5.04. The first kappa shape index (κ1) is 17.8. The molecular weight excluding hydrogens is 355 g/mol. The van der Waals surface area contributed by atoms with Crippen molar-refractivity contribution in [1.29, 1.82) is 0 Å². The highest BCUT2D eigenvalue weighted by Crippen LogP contribution is 2.35. The van der Waals surface area contributed by atoms with Gasteiger partial charge >= 0.3 is 12.4 Å². The van der Waals surface area contributed by atoms with Gasteiger partial charge in [-0.25, -0.2) is 9.28 Å². The number of carbonyl (C=O) groups is 1. The Morgan fingerprint density at radius 1 is 1.24 bits per heavy atom. The number of quaternary nitrogens is 1. The second kappa shape index (κ2) is 6.72. The quantitative estimate of drug-likeness (QED) is 0.727. The van der Waals surface area contributed by atoms with E-state index >= 15 is 0 Å². The molecule has 1 unspecified atom stereocenters. The molecule has 2 amide bonds. The largest absolute Gasteiger partial charge is 0.573 e. The lowest BCUT2D eigenvalue weighted by Crippen LogP contribution is -2.42. The van der Waals surface area contributed by atoms with Crippen LogP contribution in [0.1, 0.15) is 12.8 Å². The Hall–Kier alpha value is -2.00. The predicted molar refractivity (Wildman–Crippen MR) is 91.2 cm³/mol. The number of carbonyl (C=O) groups excluding carboxylic acids is 1. The van der Waals surface area contributed by atoms with E-state index in [9.17, 15) is 18.0 Å². The Balaban J connectivity index is 1.81. The van der Waals surface area contributed by atoms with Gasteiger partial charge in [-0.1, -0.05) is 0 Å². The first-order chi connectivity index (χ1) is 11.8. The van der Waals surface area contributed by atoms with Gasteiger partial charge in [0.05, 0.1) is 7.05 Å². The Morgan fingerprint density at radius 2 is 1.88 bits per heavy atom. The molecule has 1 saturated heterocycles. The van der Waals surface area contributed by atoms with Gasteiger partial charge in [-0.2, -0.15) is 0 Å². The molecule has 2 aliphatic rings. The van der Waals surface area contributed by atoms with E-state index in [1.807, 2.05) is 18.7 Å². The average molecular weight is 372 g/mol. The lowest BCUT2D eigenvalue weighted by Gasteiger charge is -2.25. The predicted octanol–water partition coefficient (Wildman–Crippen LogP) is 4.31. The topological polar surface area (TPSA) is 41.9 Å². The molecule has 0 N–H and O–H groups in total. The summed E-state index contributed by atoms with van der Waals surface area (Å²) in [6.45, 7) is 1.42. The number of halogens is 3. The van der Waals surface area contributed by atoms with Crippen LogP contribution < -0.4 is 9.22 Å². The number of alkyl halides is 3. The zero-order chi connectivity index (χ0) is 18.1. The van der Waals surface area contributed by atoms with E-state index in [0.717, 1.165) is 12.8 Å². The van der Waals surface area contributed by atoms with Crippen LogP contribution in [0, 0.1) is 0 Å². The van der Waals surface area contributed by atoms with Crippen molar-refractivity contribution in [3.8, 4) is 5.75 Å². The van der Waals surface area contributed by atoms with E-state index in [-0.39, 0.29) is 16.3 Å². The minimum Gasteiger partial charge on any atom is -0.406 e. The minimum atomic E-state index is -4.72. The number of amides is 2. The van der Waals surface area contributed by atoms with Gasteiger partial charge < -0.3 is 9.64 Å². The molecule has 0 radical (unpaired) electrons. The number of aliphatic imine (C=N–C) groups is 1. The van der Waals surface area contributed by atoms with Gasteiger partial charge in [-0.15, -0.1) is 18.2 Å². The molecule has 9 heteroatoms. The lowest BCUT2D eigenvalue weighted by molar-refractivity contribution is -0.274. The zero-order valence-corrected chi connectivity index (χ0v) is 14.3. The number of ether oxygens (including phenoxy) is 1. The zero-order valence-electron chi connectivity index (χ0n) is 13.5. The highest BCUT2D eigenvalue weighted by atomic mass is 32.2. The maximum atomic E-state index is 12.3. The van der Waals surface area contributed by atoms with Crippen LogP contribution in [0.3, 0.4) is 0 Å². The first-order valence-electron chi connectivity index (χ1n) is 7.73. The summed E-state index contributed by atoms with van der Waals surface area (Å²) in [4.78, 5) is 18.2. The molecule has 0 spiro atoms. The number of hydrogen-bond acceptors (Lipinski definition) is 3. The van der Waals surface area contributed by atoms with Gasteiger partial charge in [0, 0.05) is 30.6 Å². The van der Waals surface area contributed by atoms with E-state index in [2.05, 4.69) is 9.73 Å².